The molecular formula is C14H30N2O. The van der Waals surface area contributed by atoms with Gasteiger partial charge in [0.2, 0.25) is 0 Å². The number of rotatable bonds is 6. The molecule has 0 aromatic heterocycles. The predicted molar refractivity (Wildman–Crippen MR) is 73.4 cm³/mol. The van der Waals surface area contributed by atoms with Crippen molar-refractivity contribution in [2.45, 2.75) is 64.6 Å². The summed E-state index contributed by atoms with van der Waals surface area (Å²) in [6.45, 7) is 9.96. The maximum atomic E-state index is 5.74. The minimum Gasteiger partial charge on any atom is -0.377 e. The molecule has 1 aliphatic rings. The Kier molecular flexibility index (Phi) is 7.09. The normalized spacial score (nSPS) is 26.5. The average molecular weight is 242 g/mol. The van der Waals surface area contributed by atoms with Gasteiger partial charge in [-0.05, 0) is 33.2 Å². The SMILES string of the molecule is CCCC(NC)C(CC)N1CCCOC(C)C1. The molecule has 0 saturated carbocycles. The van der Waals surface area contributed by atoms with E-state index in [9.17, 15) is 0 Å². The number of hydrogen-bond acceptors (Lipinski definition) is 3. The van der Waals surface area contributed by atoms with Gasteiger partial charge in [-0.3, -0.25) is 4.90 Å². The molecule has 0 bridgehead atoms. The number of hydrogen-bond donors (Lipinski definition) is 1. The summed E-state index contributed by atoms with van der Waals surface area (Å²) in [4.78, 5) is 2.63. The van der Waals surface area contributed by atoms with E-state index in [0.717, 1.165) is 13.2 Å². The summed E-state index contributed by atoms with van der Waals surface area (Å²) >= 11 is 0. The maximum absolute atomic E-state index is 5.74. The van der Waals surface area contributed by atoms with Crippen molar-refractivity contribution in [1.82, 2.24) is 10.2 Å². The highest BCUT2D eigenvalue weighted by molar-refractivity contribution is 4.84. The molecular weight excluding hydrogens is 212 g/mol. The molecule has 0 amide bonds. The van der Waals surface area contributed by atoms with Crippen LogP contribution in [0.5, 0.6) is 0 Å². The van der Waals surface area contributed by atoms with Crippen LogP contribution in [0.2, 0.25) is 0 Å². The van der Waals surface area contributed by atoms with Crippen LogP contribution in [0.1, 0.15) is 46.5 Å². The molecule has 0 aromatic carbocycles. The third-order valence-electron chi connectivity index (χ3n) is 3.81. The first-order chi connectivity index (χ1) is 8.22. The van der Waals surface area contributed by atoms with E-state index in [-0.39, 0.29) is 0 Å². The van der Waals surface area contributed by atoms with Gasteiger partial charge in [0.1, 0.15) is 0 Å². The predicted octanol–water partition coefficient (Wildman–Crippen LogP) is 2.26. The Morgan fingerprint density at radius 3 is 2.76 bits per heavy atom. The van der Waals surface area contributed by atoms with Crippen LogP contribution >= 0.6 is 0 Å². The van der Waals surface area contributed by atoms with Gasteiger partial charge in [0, 0.05) is 31.8 Å². The highest BCUT2D eigenvalue weighted by Gasteiger charge is 2.26. The molecule has 3 heteroatoms. The van der Waals surface area contributed by atoms with Crippen molar-refractivity contribution in [3.63, 3.8) is 0 Å². The molecule has 0 aliphatic carbocycles. The van der Waals surface area contributed by atoms with Gasteiger partial charge in [0.05, 0.1) is 6.10 Å². The van der Waals surface area contributed by atoms with Crippen molar-refractivity contribution < 1.29 is 4.74 Å². The van der Waals surface area contributed by atoms with Crippen molar-refractivity contribution in [2.75, 3.05) is 26.7 Å². The Balaban J connectivity index is 2.62. The summed E-state index contributed by atoms with van der Waals surface area (Å²) in [6.07, 6.45) is 5.29. The zero-order valence-electron chi connectivity index (χ0n) is 12.0. The van der Waals surface area contributed by atoms with Crippen LogP contribution in [0.3, 0.4) is 0 Å². The van der Waals surface area contributed by atoms with E-state index in [1.165, 1.54) is 32.2 Å². The van der Waals surface area contributed by atoms with Crippen LogP contribution in [0, 0.1) is 0 Å². The molecule has 0 aromatic rings. The first-order valence-electron chi connectivity index (χ1n) is 7.25. The molecule has 1 rings (SSSR count). The fourth-order valence-corrected chi connectivity index (χ4v) is 2.96. The monoisotopic (exact) mass is 242 g/mol. The van der Waals surface area contributed by atoms with Crippen LogP contribution in [0.25, 0.3) is 0 Å². The van der Waals surface area contributed by atoms with E-state index in [2.05, 4.69) is 38.0 Å². The topological polar surface area (TPSA) is 24.5 Å². The lowest BCUT2D eigenvalue weighted by Crippen LogP contribution is -2.50. The van der Waals surface area contributed by atoms with Crippen molar-refractivity contribution in [1.29, 1.82) is 0 Å². The smallest absolute Gasteiger partial charge is 0.0674 e. The van der Waals surface area contributed by atoms with E-state index in [0.29, 0.717) is 18.2 Å². The number of nitrogens with one attached hydrogen (secondary N) is 1. The van der Waals surface area contributed by atoms with Crippen molar-refractivity contribution in [3.05, 3.63) is 0 Å². The van der Waals surface area contributed by atoms with Gasteiger partial charge in [-0.1, -0.05) is 20.3 Å². The minimum atomic E-state index is 0.380. The fraction of sp³-hybridized carbons (Fsp3) is 1.00. The molecule has 1 aliphatic heterocycles. The van der Waals surface area contributed by atoms with Gasteiger partial charge in [-0.25, -0.2) is 0 Å². The number of nitrogens with zero attached hydrogens (tertiary/aromatic N) is 1. The van der Waals surface area contributed by atoms with E-state index in [1.54, 1.807) is 0 Å². The summed E-state index contributed by atoms with van der Waals surface area (Å²) in [6, 6.07) is 1.28. The molecule has 0 radical (unpaired) electrons. The Morgan fingerprint density at radius 2 is 2.18 bits per heavy atom. The summed E-state index contributed by atoms with van der Waals surface area (Å²) in [5.41, 5.74) is 0. The maximum Gasteiger partial charge on any atom is 0.0674 e. The van der Waals surface area contributed by atoms with Gasteiger partial charge in [0.15, 0.2) is 0 Å². The van der Waals surface area contributed by atoms with Gasteiger partial charge < -0.3 is 10.1 Å². The molecule has 102 valence electrons. The highest BCUT2D eigenvalue weighted by atomic mass is 16.5. The van der Waals surface area contributed by atoms with E-state index in [4.69, 9.17) is 4.74 Å². The summed E-state index contributed by atoms with van der Waals surface area (Å²) in [5, 5.41) is 3.50. The van der Waals surface area contributed by atoms with E-state index < -0.39 is 0 Å². The zero-order chi connectivity index (χ0) is 12.7. The van der Waals surface area contributed by atoms with Crippen molar-refractivity contribution >= 4 is 0 Å². The molecule has 3 nitrogen and oxygen atoms in total. The van der Waals surface area contributed by atoms with Gasteiger partial charge in [-0.2, -0.15) is 0 Å². The lowest BCUT2D eigenvalue weighted by Gasteiger charge is -2.36. The van der Waals surface area contributed by atoms with Crippen LogP contribution in [0.4, 0.5) is 0 Å². The third-order valence-corrected chi connectivity index (χ3v) is 3.81. The van der Waals surface area contributed by atoms with E-state index in [1.807, 2.05) is 0 Å². The summed E-state index contributed by atoms with van der Waals surface area (Å²) in [5.74, 6) is 0. The zero-order valence-corrected chi connectivity index (χ0v) is 12.0. The minimum absolute atomic E-state index is 0.380. The van der Waals surface area contributed by atoms with Gasteiger partial charge in [-0.15, -0.1) is 0 Å². The Morgan fingerprint density at radius 1 is 1.41 bits per heavy atom. The molecule has 1 saturated heterocycles. The first-order valence-corrected chi connectivity index (χ1v) is 7.25. The van der Waals surface area contributed by atoms with Crippen LogP contribution < -0.4 is 5.32 Å². The Hall–Kier alpha value is -0.120. The van der Waals surface area contributed by atoms with Crippen LogP contribution in [-0.2, 0) is 4.74 Å². The third kappa shape index (κ3) is 4.57. The standard InChI is InChI=1S/C14H30N2O/c1-5-8-13(15-4)14(6-2)16-9-7-10-17-12(3)11-16/h12-15H,5-11H2,1-4H3. The van der Waals surface area contributed by atoms with Crippen molar-refractivity contribution in [2.24, 2.45) is 0 Å². The second-order valence-corrected chi connectivity index (χ2v) is 5.19. The molecule has 3 unspecified atom stereocenters. The van der Waals surface area contributed by atoms with Gasteiger partial charge in [0.25, 0.3) is 0 Å². The van der Waals surface area contributed by atoms with E-state index >= 15 is 0 Å². The molecule has 0 spiro atoms. The lowest BCUT2D eigenvalue weighted by molar-refractivity contribution is 0.0552. The van der Waals surface area contributed by atoms with Crippen molar-refractivity contribution in [3.8, 4) is 0 Å². The Labute approximate surface area is 107 Å². The highest BCUT2D eigenvalue weighted by Crippen LogP contribution is 2.17. The summed E-state index contributed by atoms with van der Waals surface area (Å²) < 4.78 is 5.74. The molecule has 1 fully saturated rings. The molecule has 17 heavy (non-hydrogen) atoms. The van der Waals surface area contributed by atoms with Crippen LogP contribution in [-0.4, -0.2) is 49.8 Å². The molecule has 1 N–H and O–H groups in total. The van der Waals surface area contributed by atoms with Gasteiger partial charge >= 0.3 is 0 Å². The summed E-state index contributed by atoms with van der Waals surface area (Å²) in [7, 11) is 2.10. The fourth-order valence-electron chi connectivity index (χ4n) is 2.96. The molecule has 1 heterocycles. The largest absolute Gasteiger partial charge is 0.377 e. The Bertz CT molecular complexity index is 199. The quantitative estimate of drug-likeness (QED) is 0.773. The van der Waals surface area contributed by atoms with Crippen LogP contribution in [0.15, 0.2) is 0 Å². The molecule has 3 atom stereocenters. The average Bonchev–Trinajstić information content (AvgIpc) is 2.54. The number of likely N-dealkylation sites (N-methyl/N-ethyl adjacent to an activating group) is 1. The number of ether oxygens (including phenoxy) is 1. The second kappa shape index (κ2) is 8.06. The second-order valence-electron chi connectivity index (χ2n) is 5.19. The lowest BCUT2D eigenvalue weighted by atomic mass is 9.99. The first kappa shape index (κ1) is 14.9.